The summed E-state index contributed by atoms with van der Waals surface area (Å²) in [5.41, 5.74) is 4.96. The van der Waals surface area contributed by atoms with Gasteiger partial charge in [-0.15, -0.1) is 17.0 Å². The van der Waals surface area contributed by atoms with Crippen molar-refractivity contribution in [3.8, 4) is 0 Å². The number of hydrogen-bond acceptors (Lipinski definition) is 1. The van der Waals surface area contributed by atoms with Crippen LogP contribution in [0.1, 0.15) is 71.1 Å². The van der Waals surface area contributed by atoms with E-state index in [0.29, 0.717) is 0 Å². The maximum atomic E-state index is 10.4. The number of primary amides is 1. The third-order valence-electron chi connectivity index (χ3n) is 2.83. The van der Waals surface area contributed by atoms with E-state index in [0.717, 1.165) is 13.0 Å². The molecule has 17 heavy (non-hydrogen) atoms. The standard InChI is InChI=1S/C13H28N2O.BrH/c1-2-3-4-5-6-7-8-9-10-11-12-15-13(14)16;/h2-12H2,1H3,(H3,14,15,16);1H. The van der Waals surface area contributed by atoms with Crippen LogP contribution in [0.25, 0.3) is 0 Å². The van der Waals surface area contributed by atoms with Crippen molar-refractivity contribution in [1.82, 2.24) is 5.32 Å². The van der Waals surface area contributed by atoms with Gasteiger partial charge in [-0.1, -0.05) is 64.7 Å². The lowest BCUT2D eigenvalue weighted by molar-refractivity contribution is 0.248. The molecule has 0 aromatic carbocycles. The number of carbonyl (C=O) groups excluding carboxylic acids is 1. The fraction of sp³-hybridized carbons (Fsp3) is 0.923. The van der Waals surface area contributed by atoms with Crippen LogP contribution in [0.4, 0.5) is 4.79 Å². The van der Waals surface area contributed by atoms with E-state index in [1.54, 1.807) is 0 Å². The quantitative estimate of drug-likeness (QED) is 0.553. The predicted molar refractivity (Wildman–Crippen MR) is 79.8 cm³/mol. The highest BCUT2D eigenvalue weighted by molar-refractivity contribution is 8.93. The number of amides is 2. The zero-order valence-electron chi connectivity index (χ0n) is 11.2. The van der Waals surface area contributed by atoms with Crippen molar-refractivity contribution in [3.63, 3.8) is 0 Å². The molecule has 0 saturated heterocycles. The lowest BCUT2D eigenvalue weighted by atomic mass is 10.1. The van der Waals surface area contributed by atoms with Crippen molar-refractivity contribution in [2.24, 2.45) is 5.73 Å². The molecule has 0 spiro atoms. The largest absolute Gasteiger partial charge is 0.352 e. The van der Waals surface area contributed by atoms with Crippen LogP contribution >= 0.6 is 17.0 Å². The molecular weight excluding hydrogens is 280 g/mol. The third-order valence-corrected chi connectivity index (χ3v) is 2.83. The minimum absolute atomic E-state index is 0. The van der Waals surface area contributed by atoms with E-state index in [4.69, 9.17) is 5.73 Å². The van der Waals surface area contributed by atoms with Crippen LogP contribution in [-0.2, 0) is 0 Å². The molecule has 3 N–H and O–H groups in total. The number of carbonyl (C=O) groups is 1. The first-order valence-corrected chi connectivity index (χ1v) is 6.80. The summed E-state index contributed by atoms with van der Waals surface area (Å²) in [4.78, 5) is 10.4. The van der Waals surface area contributed by atoms with Gasteiger partial charge in [0.25, 0.3) is 0 Å². The summed E-state index contributed by atoms with van der Waals surface area (Å²) in [6.45, 7) is 2.98. The van der Waals surface area contributed by atoms with Gasteiger partial charge in [0.05, 0.1) is 0 Å². The van der Waals surface area contributed by atoms with Crippen molar-refractivity contribution in [2.45, 2.75) is 71.1 Å². The maximum Gasteiger partial charge on any atom is 0.312 e. The van der Waals surface area contributed by atoms with Crippen molar-refractivity contribution in [3.05, 3.63) is 0 Å². The number of nitrogens with two attached hydrogens (primary N) is 1. The summed E-state index contributed by atoms with van der Waals surface area (Å²) in [5.74, 6) is 0. The van der Waals surface area contributed by atoms with Gasteiger partial charge in [-0.25, -0.2) is 4.79 Å². The van der Waals surface area contributed by atoms with Gasteiger partial charge in [-0.2, -0.15) is 0 Å². The second-order valence-electron chi connectivity index (χ2n) is 4.47. The van der Waals surface area contributed by atoms with Crippen molar-refractivity contribution < 1.29 is 4.79 Å². The fourth-order valence-corrected chi connectivity index (χ4v) is 1.82. The first kappa shape index (κ1) is 19.1. The number of rotatable bonds is 11. The smallest absolute Gasteiger partial charge is 0.312 e. The van der Waals surface area contributed by atoms with Gasteiger partial charge >= 0.3 is 6.03 Å². The highest BCUT2D eigenvalue weighted by atomic mass is 79.9. The zero-order valence-corrected chi connectivity index (χ0v) is 12.9. The SMILES string of the molecule is Br.CCCCCCCCCCCCNC(N)=O. The Kier molecular flexibility index (Phi) is 17.7. The highest BCUT2D eigenvalue weighted by Gasteiger charge is 1.93. The van der Waals surface area contributed by atoms with E-state index in [1.807, 2.05) is 0 Å². The van der Waals surface area contributed by atoms with Crippen LogP contribution in [0.3, 0.4) is 0 Å². The minimum Gasteiger partial charge on any atom is -0.352 e. The fourth-order valence-electron chi connectivity index (χ4n) is 1.82. The summed E-state index contributed by atoms with van der Waals surface area (Å²) < 4.78 is 0. The maximum absolute atomic E-state index is 10.4. The Balaban J connectivity index is 0. The van der Waals surface area contributed by atoms with Gasteiger partial charge in [-0.3, -0.25) is 0 Å². The molecule has 0 heterocycles. The second kappa shape index (κ2) is 15.8. The topological polar surface area (TPSA) is 55.1 Å². The van der Waals surface area contributed by atoms with E-state index in [9.17, 15) is 4.79 Å². The number of nitrogens with one attached hydrogen (secondary N) is 1. The molecule has 0 radical (unpaired) electrons. The monoisotopic (exact) mass is 308 g/mol. The molecule has 0 aliphatic carbocycles. The first-order chi connectivity index (χ1) is 7.77. The van der Waals surface area contributed by atoms with Gasteiger partial charge in [0.15, 0.2) is 0 Å². The molecule has 0 rings (SSSR count). The Hall–Kier alpha value is -0.250. The Morgan fingerprint density at radius 2 is 1.29 bits per heavy atom. The Bertz CT molecular complexity index is 165. The molecule has 0 atom stereocenters. The van der Waals surface area contributed by atoms with E-state index in [-0.39, 0.29) is 17.0 Å². The van der Waals surface area contributed by atoms with Crippen LogP contribution in [-0.4, -0.2) is 12.6 Å². The summed E-state index contributed by atoms with van der Waals surface area (Å²) in [6, 6.07) is -0.407. The molecule has 4 heteroatoms. The van der Waals surface area contributed by atoms with E-state index >= 15 is 0 Å². The average Bonchev–Trinajstić information content (AvgIpc) is 2.25. The van der Waals surface area contributed by atoms with Crippen molar-refractivity contribution in [1.29, 1.82) is 0 Å². The first-order valence-electron chi connectivity index (χ1n) is 6.80. The summed E-state index contributed by atoms with van der Waals surface area (Å²) in [5, 5.41) is 2.61. The second-order valence-corrected chi connectivity index (χ2v) is 4.47. The summed E-state index contributed by atoms with van der Waals surface area (Å²) in [6.07, 6.45) is 13.2. The lowest BCUT2D eigenvalue weighted by Crippen LogP contribution is -2.29. The molecule has 0 aliphatic heterocycles. The Morgan fingerprint density at radius 1 is 0.882 bits per heavy atom. The lowest BCUT2D eigenvalue weighted by Gasteiger charge is -2.02. The molecule has 0 unspecified atom stereocenters. The molecule has 104 valence electrons. The zero-order chi connectivity index (χ0) is 12.1. The minimum atomic E-state index is -0.407. The molecule has 0 fully saturated rings. The van der Waals surface area contributed by atoms with Crippen LogP contribution in [0.5, 0.6) is 0 Å². The predicted octanol–water partition coefficient (Wildman–Crippen LogP) is 4.15. The van der Waals surface area contributed by atoms with Gasteiger partial charge in [-0.05, 0) is 6.42 Å². The van der Waals surface area contributed by atoms with E-state index in [1.165, 1.54) is 57.8 Å². The normalized spacial score (nSPS) is 9.71. The number of unbranched alkanes of at least 4 members (excludes halogenated alkanes) is 9. The van der Waals surface area contributed by atoms with E-state index in [2.05, 4.69) is 12.2 Å². The van der Waals surface area contributed by atoms with Crippen LogP contribution < -0.4 is 11.1 Å². The highest BCUT2D eigenvalue weighted by Crippen LogP contribution is 2.10. The average molecular weight is 309 g/mol. The molecule has 0 aliphatic rings. The molecule has 2 amide bonds. The van der Waals surface area contributed by atoms with Crippen molar-refractivity contribution in [2.75, 3.05) is 6.54 Å². The van der Waals surface area contributed by atoms with E-state index < -0.39 is 6.03 Å². The van der Waals surface area contributed by atoms with Gasteiger partial charge in [0, 0.05) is 6.54 Å². The van der Waals surface area contributed by atoms with Gasteiger partial charge < -0.3 is 11.1 Å². The van der Waals surface area contributed by atoms with Crippen LogP contribution in [0.15, 0.2) is 0 Å². The molecule has 0 bridgehead atoms. The van der Waals surface area contributed by atoms with Crippen LogP contribution in [0.2, 0.25) is 0 Å². The number of urea groups is 1. The molecule has 0 aromatic heterocycles. The molecule has 0 saturated carbocycles. The van der Waals surface area contributed by atoms with Gasteiger partial charge in [0.1, 0.15) is 0 Å². The Morgan fingerprint density at radius 3 is 1.71 bits per heavy atom. The van der Waals surface area contributed by atoms with Crippen LogP contribution in [0, 0.1) is 0 Å². The molecule has 0 aromatic rings. The van der Waals surface area contributed by atoms with Crippen molar-refractivity contribution >= 4 is 23.0 Å². The van der Waals surface area contributed by atoms with Gasteiger partial charge in [0.2, 0.25) is 0 Å². The molecular formula is C13H29BrN2O. The summed E-state index contributed by atoms with van der Waals surface area (Å²) >= 11 is 0. The molecule has 3 nitrogen and oxygen atoms in total. The number of hydrogen-bond donors (Lipinski definition) is 2. The number of halogens is 1. The Labute approximate surface area is 117 Å². The summed E-state index contributed by atoms with van der Waals surface area (Å²) in [7, 11) is 0. The third kappa shape index (κ3) is 18.3.